The Morgan fingerprint density at radius 2 is 1.97 bits per heavy atom. The van der Waals surface area contributed by atoms with Crippen molar-refractivity contribution < 1.29 is 14.3 Å². The number of aryl methyl sites for hydroxylation is 1. The minimum atomic E-state index is -0.291. The molecule has 0 bridgehead atoms. The molecule has 154 valence electrons. The SMILES string of the molecule is COc1cc(/C=N\NC(=O)c2cccc(I)c2)cc(Cl)c1OCc1ccccc1C. The molecule has 7 heteroatoms. The van der Waals surface area contributed by atoms with Gasteiger partial charge >= 0.3 is 0 Å². The van der Waals surface area contributed by atoms with Crippen LogP contribution in [0.2, 0.25) is 5.02 Å². The topological polar surface area (TPSA) is 59.9 Å². The van der Waals surface area contributed by atoms with Crippen LogP contribution in [-0.2, 0) is 6.61 Å². The van der Waals surface area contributed by atoms with E-state index in [1.165, 1.54) is 6.21 Å². The third-order valence-electron chi connectivity index (χ3n) is 4.35. The molecule has 3 aromatic rings. The number of halogens is 2. The first kappa shape index (κ1) is 22.1. The van der Waals surface area contributed by atoms with Crippen LogP contribution in [0.3, 0.4) is 0 Å². The highest BCUT2D eigenvalue weighted by atomic mass is 127. The summed E-state index contributed by atoms with van der Waals surface area (Å²) < 4.78 is 12.3. The van der Waals surface area contributed by atoms with Gasteiger partial charge in [0.15, 0.2) is 11.5 Å². The van der Waals surface area contributed by atoms with Gasteiger partial charge in [0.25, 0.3) is 5.91 Å². The molecular formula is C23H20ClIN2O3. The lowest BCUT2D eigenvalue weighted by molar-refractivity contribution is 0.0955. The molecule has 0 heterocycles. The van der Waals surface area contributed by atoms with Crippen molar-refractivity contribution in [1.82, 2.24) is 5.43 Å². The molecule has 0 saturated heterocycles. The number of amides is 1. The molecule has 3 aromatic carbocycles. The molecule has 0 fully saturated rings. The van der Waals surface area contributed by atoms with E-state index in [-0.39, 0.29) is 5.91 Å². The van der Waals surface area contributed by atoms with Crippen LogP contribution in [0.1, 0.15) is 27.0 Å². The zero-order chi connectivity index (χ0) is 21.5. The van der Waals surface area contributed by atoms with E-state index in [0.717, 1.165) is 14.7 Å². The minimum Gasteiger partial charge on any atom is -0.493 e. The highest BCUT2D eigenvalue weighted by molar-refractivity contribution is 14.1. The molecule has 0 aliphatic heterocycles. The summed E-state index contributed by atoms with van der Waals surface area (Å²) in [5.74, 6) is 0.657. The van der Waals surface area contributed by atoms with Gasteiger partial charge in [0.1, 0.15) is 6.61 Å². The first-order chi connectivity index (χ1) is 14.5. The number of hydrogen-bond acceptors (Lipinski definition) is 4. The van der Waals surface area contributed by atoms with Gasteiger partial charge in [-0.15, -0.1) is 0 Å². The molecule has 3 rings (SSSR count). The molecule has 0 atom stereocenters. The van der Waals surface area contributed by atoms with Crippen molar-refractivity contribution in [3.63, 3.8) is 0 Å². The second-order valence-corrected chi connectivity index (χ2v) is 8.11. The number of nitrogens with zero attached hydrogens (tertiary/aromatic N) is 1. The second-order valence-electron chi connectivity index (χ2n) is 6.46. The maximum Gasteiger partial charge on any atom is 0.271 e. The Labute approximate surface area is 194 Å². The van der Waals surface area contributed by atoms with Crippen LogP contribution in [0.4, 0.5) is 0 Å². The van der Waals surface area contributed by atoms with Gasteiger partial charge in [0, 0.05) is 9.13 Å². The summed E-state index contributed by atoms with van der Waals surface area (Å²) in [5.41, 5.74) is 5.93. The number of carbonyl (C=O) groups excluding carboxylic acids is 1. The van der Waals surface area contributed by atoms with E-state index in [1.54, 1.807) is 31.4 Å². The number of hydrogen-bond donors (Lipinski definition) is 1. The summed E-state index contributed by atoms with van der Waals surface area (Å²) in [6.45, 7) is 2.41. The van der Waals surface area contributed by atoms with Crippen LogP contribution in [0, 0.1) is 10.5 Å². The van der Waals surface area contributed by atoms with Crippen molar-refractivity contribution in [3.8, 4) is 11.5 Å². The van der Waals surface area contributed by atoms with Gasteiger partial charge in [0.2, 0.25) is 0 Å². The summed E-state index contributed by atoms with van der Waals surface area (Å²) in [7, 11) is 1.55. The van der Waals surface area contributed by atoms with Crippen LogP contribution in [-0.4, -0.2) is 19.2 Å². The molecule has 30 heavy (non-hydrogen) atoms. The van der Waals surface area contributed by atoms with E-state index in [4.69, 9.17) is 21.1 Å². The van der Waals surface area contributed by atoms with E-state index in [9.17, 15) is 4.79 Å². The predicted octanol–water partition coefficient (Wildman–Crippen LogP) is 5.60. The third-order valence-corrected chi connectivity index (χ3v) is 5.30. The van der Waals surface area contributed by atoms with Gasteiger partial charge in [-0.2, -0.15) is 5.10 Å². The summed E-state index contributed by atoms with van der Waals surface area (Å²) in [4.78, 5) is 12.2. The monoisotopic (exact) mass is 534 g/mol. The average molecular weight is 535 g/mol. The van der Waals surface area contributed by atoms with Crippen LogP contribution in [0.25, 0.3) is 0 Å². The Hall–Kier alpha value is -2.58. The molecule has 0 aliphatic rings. The maximum absolute atomic E-state index is 12.2. The number of nitrogens with one attached hydrogen (secondary N) is 1. The largest absolute Gasteiger partial charge is 0.493 e. The second kappa shape index (κ2) is 10.4. The maximum atomic E-state index is 12.2. The molecule has 5 nitrogen and oxygen atoms in total. The first-order valence-corrected chi connectivity index (χ1v) is 10.6. The molecule has 0 saturated carbocycles. The summed E-state index contributed by atoms with van der Waals surface area (Å²) in [6.07, 6.45) is 1.51. The number of benzene rings is 3. The number of hydrazone groups is 1. The van der Waals surface area contributed by atoms with E-state index in [0.29, 0.717) is 34.3 Å². The van der Waals surface area contributed by atoms with E-state index < -0.39 is 0 Å². The van der Waals surface area contributed by atoms with Crippen LogP contribution >= 0.6 is 34.2 Å². The molecule has 0 aliphatic carbocycles. The molecule has 0 unspecified atom stereocenters. The lowest BCUT2D eigenvalue weighted by Gasteiger charge is -2.14. The fourth-order valence-electron chi connectivity index (χ4n) is 2.74. The van der Waals surface area contributed by atoms with Gasteiger partial charge in [-0.05, 0) is 76.5 Å². The molecule has 0 radical (unpaired) electrons. The zero-order valence-electron chi connectivity index (χ0n) is 16.5. The van der Waals surface area contributed by atoms with Crippen LogP contribution in [0.5, 0.6) is 11.5 Å². The van der Waals surface area contributed by atoms with E-state index in [2.05, 4.69) is 33.1 Å². The molecule has 0 spiro atoms. The summed E-state index contributed by atoms with van der Waals surface area (Å²) in [5, 5.41) is 4.41. The Bertz CT molecular complexity index is 1090. The normalized spacial score (nSPS) is 10.8. The van der Waals surface area contributed by atoms with Crippen molar-refractivity contribution in [2.24, 2.45) is 5.10 Å². The number of methoxy groups -OCH3 is 1. The average Bonchev–Trinajstić information content (AvgIpc) is 2.73. The molecule has 0 aromatic heterocycles. The fourth-order valence-corrected chi connectivity index (χ4v) is 3.55. The standard InChI is InChI=1S/C23H20ClIN2O3/c1-15-6-3-4-7-18(15)14-30-22-20(24)10-16(11-21(22)29-2)13-26-27-23(28)17-8-5-9-19(25)12-17/h3-13H,14H2,1-2H3,(H,27,28)/b26-13-. The van der Waals surface area contributed by atoms with Crippen molar-refractivity contribution in [3.05, 3.63) is 91.5 Å². The summed E-state index contributed by atoms with van der Waals surface area (Å²) >= 11 is 8.57. The molecular weight excluding hydrogens is 515 g/mol. The Balaban J connectivity index is 1.71. The number of rotatable bonds is 7. The Morgan fingerprint density at radius 1 is 1.17 bits per heavy atom. The smallest absolute Gasteiger partial charge is 0.271 e. The molecule has 1 amide bonds. The van der Waals surface area contributed by atoms with Gasteiger partial charge in [-0.3, -0.25) is 4.79 Å². The van der Waals surface area contributed by atoms with E-state index >= 15 is 0 Å². The number of ether oxygens (including phenoxy) is 2. The van der Waals surface area contributed by atoms with Gasteiger partial charge in [-0.1, -0.05) is 41.9 Å². The highest BCUT2D eigenvalue weighted by Crippen LogP contribution is 2.36. The Morgan fingerprint density at radius 3 is 2.70 bits per heavy atom. The van der Waals surface area contributed by atoms with Crippen LogP contribution in [0.15, 0.2) is 65.8 Å². The zero-order valence-corrected chi connectivity index (χ0v) is 19.4. The number of carbonyl (C=O) groups is 1. The predicted molar refractivity (Wildman–Crippen MR) is 128 cm³/mol. The van der Waals surface area contributed by atoms with Gasteiger partial charge < -0.3 is 9.47 Å². The Kier molecular flexibility index (Phi) is 7.70. The van der Waals surface area contributed by atoms with Crippen LogP contribution < -0.4 is 14.9 Å². The van der Waals surface area contributed by atoms with Gasteiger partial charge in [-0.25, -0.2) is 5.43 Å². The van der Waals surface area contributed by atoms with Crippen molar-refractivity contribution in [2.45, 2.75) is 13.5 Å². The van der Waals surface area contributed by atoms with Gasteiger partial charge in [0.05, 0.1) is 18.3 Å². The highest BCUT2D eigenvalue weighted by Gasteiger charge is 2.12. The summed E-state index contributed by atoms with van der Waals surface area (Å²) in [6, 6.07) is 18.7. The van der Waals surface area contributed by atoms with E-state index in [1.807, 2.05) is 43.3 Å². The molecule has 1 N–H and O–H groups in total. The van der Waals surface area contributed by atoms with Crippen molar-refractivity contribution in [1.29, 1.82) is 0 Å². The lowest BCUT2D eigenvalue weighted by Crippen LogP contribution is -2.17. The lowest BCUT2D eigenvalue weighted by atomic mass is 10.1. The first-order valence-electron chi connectivity index (χ1n) is 9.11. The fraction of sp³-hybridized carbons (Fsp3) is 0.130. The minimum absolute atomic E-state index is 0.291. The van der Waals surface area contributed by atoms with Crippen molar-refractivity contribution >= 4 is 46.3 Å². The quantitative estimate of drug-likeness (QED) is 0.244. The van der Waals surface area contributed by atoms with Crippen molar-refractivity contribution in [2.75, 3.05) is 7.11 Å². The third kappa shape index (κ3) is 5.73.